The molecule has 2 aromatic rings. The standard InChI is InChI=1S/C15H14F3N3O/c16-15(17,18)12-4-2-1-3-11(12)6-5-10-7-8-20-13(9-10)21-14(19)22/h1-4,7-9H,5-6H2,(H3,19,20,21,22). The van der Waals surface area contributed by atoms with E-state index in [-0.39, 0.29) is 17.8 Å². The molecule has 3 N–H and O–H groups in total. The first-order valence-corrected chi connectivity index (χ1v) is 6.53. The zero-order chi connectivity index (χ0) is 16.2. The van der Waals surface area contributed by atoms with Crippen LogP contribution in [-0.2, 0) is 19.0 Å². The predicted octanol–water partition coefficient (Wildman–Crippen LogP) is 3.38. The fraction of sp³-hybridized carbons (Fsp3) is 0.200. The molecule has 22 heavy (non-hydrogen) atoms. The van der Waals surface area contributed by atoms with E-state index < -0.39 is 17.8 Å². The monoisotopic (exact) mass is 309 g/mol. The quantitative estimate of drug-likeness (QED) is 0.909. The summed E-state index contributed by atoms with van der Waals surface area (Å²) in [5, 5.41) is 2.33. The number of carbonyl (C=O) groups excluding carboxylic acids is 1. The number of benzene rings is 1. The molecule has 2 amide bonds. The van der Waals surface area contributed by atoms with Crippen molar-refractivity contribution in [2.75, 3.05) is 5.32 Å². The van der Waals surface area contributed by atoms with Gasteiger partial charge in [0.15, 0.2) is 0 Å². The SMILES string of the molecule is NC(=O)Nc1cc(CCc2ccccc2C(F)(F)F)ccn1. The van der Waals surface area contributed by atoms with Crippen molar-refractivity contribution >= 4 is 11.8 Å². The van der Waals surface area contributed by atoms with Crippen molar-refractivity contribution in [1.82, 2.24) is 4.98 Å². The summed E-state index contributed by atoms with van der Waals surface area (Å²) in [5.41, 5.74) is 5.36. The summed E-state index contributed by atoms with van der Waals surface area (Å²) in [4.78, 5) is 14.7. The predicted molar refractivity (Wildman–Crippen MR) is 76.3 cm³/mol. The molecule has 0 unspecified atom stereocenters. The van der Waals surface area contributed by atoms with Crippen LogP contribution in [0.5, 0.6) is 0 Å². The Labute approximate surface area is 125 Å². The summed E-state index contributed by atoms with van der Waals surface area (Å²) in [6.45, 7) is 0. The smallest absolute Gasteiger partial charge is 0.351 e. The molecular formula is C15H14F3N3O. The first-order chi connectivity index (χ1) is 10.4. The number of pyridine rings is 1. The van der Waals surface area contributed by atoms with Crippen LogP contribution >= 0.6 is 0 Å². The second kappa shape index (κ2) is 6.46. The van der Waals surface area contributed by atoms with E-state index in [1.165, 1.54) is 18.3 Å². The van der Waals surface area contributed by atoms with E-state index in [1.807, 2.05) is 0 Å². The van der Waals surface area contributed by atoms with Gasteiger partial charge in [0.2, 0.25) is 0 Å². The Morgan fingerprint density at radius 3 is 2.59 bits per heavy atom. The van der Waals surface area contributed by atoms with Gasteiger partial charge in [-0.3, -0.25) is 5.32 Å². The summed E-state index contributed by atoms with van der Waals surface area (Å²) in [5.74, 6) is 0.272. The van der Waals surface area contributed by atoms with Gasteiger partial charge in [0, 0.05) is 6.20 Å². The maximum absolute atomic E-state index is 12.9. The number of carbonyl (C=O) groups is 1. The van der Waals surface area contributed by atoms with Crippen LogP contribution in [-0.4, -0.2) is 11.0 Å². The van der Waals surface area contributed by atoms with Crippen molar-refractivity contribution in [3.63, 3.8) is 0 Å². The lowest BCUT2D eigenvalue weighted by Gasteiger charge is -2.12. The highest BCUT2D eigenvalue weighted by atomic mass is 19.4. The molecule has 0 bridgehead atoms. The molecule has 0 saturated carbocycles. The third kappa shape index (κ3) is 4.21. The maximum atomic E-state index is 12.9. The number of nitrogens with zero attached hydrogens (tertiary/aromatic N) is 1. The van der Waals surface area contributed by atoms with Crippen LogP contribution in [0.1, 0.15) is 16.7 Å². The Morgan fingerprint density at radius 1 is 1.18 bits per heavy atom. The number of nitrogens with two attached hydrogens (primary N) is 1. The molecule has 0 aliphatic rings. The van der Waals surface area contributed by atoms with Gasteiger partial charge in [-0.1, -0.05) is 18.2 Å². The van der Waals surface area contributed by atoms with Gasteiger partial charge in [0.05, 0.1) is 5.56 Å². The normalized spacial score (nSPS) is 11.2. The summed E-state index contributed by atoms with van der Waals surface area (Å²) in [6, 6.07) is 8.01. The number of aromatic nitrogens is 1. The minimum Gasteiger partial charge on any atom is -0.351 e. The minimum absolute atomic E-state index is 0.232. The zero-order valence-corrected chi connectivity index (χ0v) is 11.5. The van der Waals surface area contributed by atoms with Crippen LogP contribution in [0.2, 0.25) is 0 Å². The van der Waals surface area contributed by atoms with E-state index in [4.69, 9.17) is 5.73 Å². The van der Waals surface area contributed by atoms with E-state index in [2.05, 4.69) is 10.3 Å². The molecule has 0 aliphatic heterocycles. The summed E-state index contributed by atoms with van der Waals surface area (Å²) in [6.07, 6.45) is -2.28. The first-order valence-electron chi connectivity index (χ1n) is 6.53. The second-order valence-corrected chi connectivity index (χ2v) is 4.69. The number of hydrogen-bond donors (Lipinski definition) is 2. The Hall–Kier alpha value is -2.57. The van der Waals surface area contributed by atoms with Gasteiger partial charge in [0.1, 0.15) is 5.82 Å². The number of alkyl halides is 3. The molecule has 0 atom stereocenters. The van der Waals surface area contributed by atoms with Crippen LogP contribution < -0.4 is 11.1 Å². The van der Waals surface area contributed by atoms with Gasteiger partial charge in [-0.25, -0.2) is 9.78 Å². The Bertz CT molecular complexity index is 671. The second-order valence-electron chi connectivity index (χ2n) is 4.69. The molecule has 7 heteroatoms. The van der Waals surface area contributed by atoms with Crippen molar-refractivity contribution in [1.29, 1.82) is 0 Å². The van der Waals surface area contributed by atoms with E-state index in [0.29, 0.717) is 6.42 Å². The molecule has 116 valence electrons. The van der Waals surface area contributed by atoms with E-state index in [9.17, 15) is 18.0 Å². The summed E-state index contributed by atoms with van der Waals surface area (Å²) >= 11 is 0. The van der Waals surface area contributed by atoms with E-state index in [1.54, 1.807) is 18.2 Å². The van der Waals surface area contributed by atoms with Crippen molar-refractivity contribution in [2.45, 2.75) is 19.0 Å². The lowest BCUT2D eigenvalue weighted by atomic mass is 10.00. The van der Waals surface area contributed by atoms with Crippen LogP contribution in [0.4, 0.5) is 23.8 Å². The molecule has 0 saturated heterocycles. The molecule has 4 nitrogen and oxygen atoms in total. The summed E-state index contributed by atoms with van der Waals surface area (Å²) in [7, 11) is 0. The number of urea groups is 1. The third-order valence-electron chi connectivity index (χ3n) is 3.08. The largest absolute Gasteiger partial charge is 0.416 e. The zero-order valence-electron chi connectivity index (χ0n) is 11.5. The lowest BCUT2D eigenvalue weighted by Crippen LogP contribution is -2.20. The maximum Gasteiger partial charge on any atom is 0.416 e. The molecule has 1 heterocycles. The molecule has 0 fully saturated rings. The fourth-order valence-corrected chi connectivity index (χ4v) is 2.12. The van der Waals surface area contributed by atoms with Crippen molar-refractivity contribution in [3.8, 4) is 0 Å². The molecule has 1 aromatic carbocycles. The minimum atomic E-state index is -4.37. The van der Waals surface area contributed by atoms with Gasteiger partial charge < -0.3 is 5.73 Å². The van der Waals surface area contributed by atoms with Gasteiger partial charge in [-0.05, 0) is 42.2 Å². The van der Waals surface area contributed by atoms with Gasteiger partial charge in [0.25, 0.3) is 0 Å². The Kier molecular flexibility index (Phi) is 4.65. The van der Waals surface area contributed by atoms with E-state index >= 15 is 0 Å². The molecule has 0 radical (unpaired) electrons. The molecular weight excluding hydrogens is 295 g/mol. The number of primary amides is 1. The Balaban J connectivity index is 2.12. The molecule has 2 rings (SSSR count). The number of rotatable bonds is 4. The number of halogens is 3. The van der Waals surface area contributed by atoms with E-state index in [0.717, 1.165) is 11.6 Å². The average Bonchev–Trinajstić information content (AvgIpc) is 2.44. The highest BCUT2D eigenvalue weighted by Crippen LogP contribution is 2.32. The Morgan fingerprint density at radius 2 is 1.91 bits per heavy atom. The highest BCUT2D eigenvalue weighted by molar-refractivity contribution is 5.86. The van der Waals surface area contributed by atoms with Crippen LogP contribution in [0.15, 0.2) is 42.6 Å². The van der Waals surface area contributed by atoms with Crippen LogP contribution in [0.3, 0.4) is 0 Å². The van der Waals surface area contributed by atoms with Gasteiger partial charge >= 0.3 is 12.2 Å². The van der Waals surface area contributed by atoms with Crippen LogP contribution in [0, 0.1) is 0 Å². The highest BCUT2D eigenvalue weighted by Gasteiger charge is 2.32. The summed E-state index contributed by atoms with van der Waals surface area (Å²) < 4.78 is 38.7. The lowest BCUT2D eigenvalue weighted by molar-refractivity contribution is -0.138. The van der Waals surface area contributed by atoms with Crippen molar-refractivity contribution < 1.29 is 18.0 Å². The molecule has 1 aromatic heterocycles. The first kappa shape index (κ1) is 15.8. The van der Waals surface area contributed by atoms with Crippen molar-refractivity contribution in [2.24, 2.45) is 5.73 Å². The number of hydrogen-bond acceptors (Lipinski definition) is 2. The average molecular weight is 309 g/mol. The van der Waals surface area contributed by atoms with Gasteiger partial charge in [-0.15, -0.1) is 0 Å². The third-order valence-corrected chi connectivity index (χ3v) is 3.08. The van der Waals surface area contributed by atoms with Crippen molar-refractivity contribution in [3.05, 3.63) is 59.3 Å². The number of nitrogens with one attached hydrogen (secondary N) is 1. The number of aryl methyl sites for hydroxylation is 2. The van der Waals surface area contributed by atoms with Gasteiger partial charge in [-0.2, -0.15) is 13.2 Å². The topological polar surface area (TPSA) is 68.0 Å². The fourth-order valence-electron chi connectivity index (χ4n) is 2.12. The number of anilines is 1. The molecule has 0 spiro atoms. The molecule has 0 aliphatic carbocycles. The number of amides is 2. The van der Waals surface area contributed by atoms with Crippen LogP contribution in [0.25, 0.3) is 0 Å².